The fourth-order valence-corrected chi connectivity index (χ4v) is 3.01. The van der Waals surface area contributed by atoms with Crippen molar-refractivity contribution in [2.75, 3.05) is 5.73 Å². The van der Waals surface area contributed by atoms with E-state index in [0.717, 1.165) is 22.2 Å². The highest BCUT2D eigenvalue weighted by molar-refractivity contribution is 7.14. The van der Waals surface area contributed by atoms with Crippen LogP contribution < -0.4 is 5.73 Å². The Bertz CT molecular complexity index is 482. The van der Waals surface area contributed by atoms with E-state index in [9.17, 15) is 0 Å². The van der Waals surface area contributed by atoms with E-state index in [1.54, 1.807) is 11.3 Å². The van der Waals surface area contributed by atoms with Gasteiger partial charge in [0.05, 0.1) is 10.6 Å². The van der Waals surface area contributed by atoms with Crippen LogP contribution in [-0.2, 0) is 0 Å². The number of anilines is 1. The summed E-state index contributed by atoms with van der Waals surface area (Å²) < 4.78 is 0. The maximum atomic E-state index is 5.85. The molecule has 0 radical (unpaired) electrons. The third-order valence-electron chi connectivity index (χ3n) is 3.14. The van der Waals surface area contributed by atoms with E-state index in [0.29, 0.717) is 5.92 Å². The van der Waals surface area contributed by atoms with E-state index < -0.39 is 0 Å². The molecular weight excluding hydrogens is 220 g/mol. The lowest BCUT2D eigenvalue weighted by molar-refractivity contribution is 0.672. The number of nitrogens with zero attached hydrogens (tertiary/aromatic N) is 2. The molecule has 0 unspecified atom stereocenters. The maximum Gasteiger partial charge on any atom is 0.193 e. The quantitative estimate of drug-likeness (QED) is 0.839. The summed E-state index contributed by atoms with van der Waals surface area (Å²) in [5.41, 5.74) is 6.62. The smallest absolute Gasteiger partial charge is 0.193 e. The van der Waals surface area contributed by atoms with Gasteiger partial charge in [0.15, 0.2) is 5.82 Å². The molecule has 2 heterocycles. The first kappa shape index (κ1) is 9.84. The van der Waals surface area contributed by atoms with Crippen LogP contribution in [0, 0.1) is 0 Å². The average Bonchev–Trinajstić information content (AvgIpc) is 2.96. The average molecular weight is 234 g/mol. The lowest BCUT2D eigenvalue weighted by Crippen LogP contribution is -1.94. The summed E-state index contributed by atoms with van der Waals surface area (Å²) in [7, 11) is 0. The van der Waals surface area contributed by atoms with Crippen molar-refractivity contribution in [3.05, 3.63) is 17.3 Å². The normalized spacial score (nSPS) is 17.0. The van der Waals surface area contributed by atoms with E-state index in [4.69, 9.17) is 5.73 Å². The van der Waals surface area contributed by atoms with Crippen LogP contribution in [0.1, 0.15) is 37.4 Å². The zero-order valence-electron chi connectivity index (χ0n) is 8.94. The molecule has 0 aliphatic heterocycles. The number of aromatic nitrogens is 3. The molecule has 0 saturated heterocycles. The predicted molar refractivity (Wildman–Crippen MR) is 65.3 cm³/mol. The summed E-state index contributed by atoms with van der Waals surface area (Å²) in [6, 6.07) is 1.89. The number of H-pyrrole nitrogens is 1. The van der Waals surface area contributed by atoms with Gasteiger partial charge in [-0.25, -0.2) is 4.98 Å². The monoisotopic (exact) mass is 234 g/mol. The van der Waals surface area contributed by atoms with Gasteiger partial charge in [-0.2, -0.15) is 5.10 Å². The van der Waals surface area contributed by atoms with Crippen LogP contribution in [0.4, 0.5) is 5.69 Å². The van der Waals surface area contributed by atoms with Crippen molar-refractivity contribution >= 4 is 17.0 Å². The summed E-state index contributed by atoms with van der Waals surface area (Å²) in [4.78, 5) is 5.53. The summed E-state index contributed by atoms with van der Waals surface area (Å²) in [6.45, 7) is 0. The molecule has 4 nitrogen and oxygen atoms in total. The molecule has 1 saturated carbocycles. The number of thiophene rings is 1. The van der Waals surface area contributed by atoms with Crippen molar-refractivity contribution in [1.29, 1.82) is 0 Å². The van der Waals surface area contributed by atoms with Gasteiger partial charge < -0.3 is 5.73 Å². The second kappa shape index (κ2) is 3.90. The van der Waals surface area contributed by atoms with Crippen LogP contribution >= 0.6 is 11.3 Å². The molecule has 2 aromatic heterocycles. The van der Waals surface area contributed by atoms with Crippen LogP contribution in [-0.4, -0.2) is 15.2 Å². The van der Waals surface area contributed by atoms with Crippen LogP contribution in [0.5, 0.6) is 0 Å². The largest absolute Gasteiger partial charge is 0.397 e. The zero-order valence-corrected chi connectivity index (χ0v) is 9.76. The van der Waals surface area contributed by atoms with Crippen LogP contribution in [0.25, 0.3) is 10.7 Å². The molecule has 3 N–H and O–H groups in total. The Morgan fingerprint density at radius 3 is 2.88 bits per heavy atom. The van der Waals surface area contributed by atoms with Gasteiger partial charge in [-0.15, -0.1) is 11.3 Å². The van der Waals surface area contributed by atoms with Crippen molar-refractivity contribution in [2.45, 2.75) is 31.6 Å². The van der Waals surface area contributed by atoms with E-state index in [-0.39, 0.29) is 0 Å². The van der Waals surface area contributed by atoms with Crippen molar-refractivity contribution in [1.82, 2.24) is 15.2 Å². The van der Waals surface area contributed by atoms with Gasteiger partial charge >= 0.3 is 0 Å². The topological polar surface area (TPSA) is 67.6 Å². The van der Waals surface area contributed by atoms with Crippen molar-refractivity contribution < 1.29 is 0 Å². The molecule has 0 spiro atoms. The molecule has 0 amide bonds. The van der Waals surface area contributed by atoms with E-state index in [2.05, 4.69) is 15.2 Å². The third kappa shape index (κ3) is 1.61. The number of hydrogen-bond acceptors (Lipinski definition) is 4. The minimum absolute atomic E-state index is 0.572. The maximum absolute atomic E-state index is 5.85. The van der Waals surface area contributed by atoms with Crippen molar-refractivity contribution in [3.63, 3.8) is 0 Å². The minimum Gasteiger partial charge on any atom is -0.397 e. The SMILES string of the molecule is Nc1ccsc1-c1n[nH]c(C2CCCC2)n1. The Morgan fingerprint density at radius 1 is 1.38 bits per heavy atom. The Hall–Kier alpha value is -1.36. The fourth-order valence-electron chi connectivity index (χ4n) is 2.26. The van der Waals surface area contributed by atoms with Crippen LogP contribution in [0.2, 0.25) is 0 Å². The molecule has 3 rings (SSSR count). The number of hydrogen-bond donors (Lipinski definition) is 2. The standard InChI is InChI=1S/C11H14N4S/c12-8-5-6-16-9(8)11-13-10(14-15-11)7-3-1-2-4-7/h5-7H,1-4,12H2,(H,13,14,15). The Labute approximate surface area is 97.9 Å². The van der Waals surface area contributed by atoms with E-state index >= 15 is 0 Å². The predicted octanol–water partition coefficient (Wildman–Crippen LogP) is 2.77. The molecule has 0 bridgehead atoms. The Morgan fingerprint density at radius 2 is 2.19 bits per heavy atom. The summed E-state index contributed by atoms with van der Waals surface area (Å²) >= 11 is 1.59. The second-order valence-electron chi connectivity index (χ2n) is 4.23. The first-order valence-corrected chi connectivity index (χ1v) is 6.48. The molecular formula is C11H14N4S. The highest BCUT2D eigenvalue weighted by atomic mass is 32.1. The van der Waals surface area contributed by atoms with Crippen LogP contribution in [0.3, 0.4) is 0 Å². The number of rotatable bonds is 2. The molecule has 0 aromatic carbocycles. The summed E-state index contributed by atoms with van der Waals surface area (Å²) in [6.07, 6.45) is 5.08. The van der Waals surface area contributed by atoms with Gasteiger partial charge in [0.25, 0.3) is 0 Å². The highest BCUT2D eigenvalue weighted by Gasteiger charge is 2.21. The number of nitrogen functional groups attached to an aromatic ring is 1. The Kier molecular flexibility index (Phi) is 2.40. The molecule has 5 heteroatoms. The van der Waals surface area contributed by atoms with Gasteiger partial charge in [0, 0.05) is 5.92 Å². The molecule has 2 aromatic rings. The first-order valence-electron chi connectivity index (χ1n) is 5.60. The van der Waals surface area contributed by atoms with Gasteiger partial charge in [-0.1, -0.05) is 12.8 Å². The number of nitrogens with one attached hydrogen (secondary N) is 1. The van der Waals surface area contributed by atoms with Gasteiger partial charge in [-0.05, 0) is 24.3 Å². The van der Waals surface area contributed by atoms with Crippen molar-refractivity contribution in [3.8, 4) is 10.7 Å². The molecule has 1 aliphatic rings. The van der Waals surface area contributed by atoms with Gasteiger partial charge in [-0.3, -0.25) is 5.10 Å². The molecule has 1 fully saturated rings. The molecule has 0 atom stereocenters. The lowest BCUT2D eigenvalue weighted by Gasteiger charge is -2.01. The van der Waals surface area contributed by atoms with Gasteiger partial charge in [0.2, 0.25) is 0 Å². The molecule has 1 aliphatic carbocycles. The fraction of sp³-hybridized carbons (Fsp3) is 0.455. The number of aromatic amines is 1. The van der Waals surface area contributed by atoms with Crippen molar-refractivity contribution in [2.24, 2.45) is 0 Å². The first-order chi connectivity index (χ1) is 7.84. The lowest BCUT2D eigenvalue weighted by atomic mass is 10.1. The second-order valence-corrected chi connectivity index (χ2v) is 5.15. The highest BCUT2D eigenvalue weighted by Crippen LogP contribution is 2.34. The van der Waals surface area contributed by atoms with Crippen LogP contribution in [0.15, 0.2) is 11.4 Å². The zero-order chi connectivity index (χ0) is 11.0. The minimum atomic E-state index is 0.572. The Balaban J connectivity index is 1.90. The van der Waals surface area contributed by atoms with E-state index in [1.807, 2.05) is 11.4 Å². The summed E-state index contributed by atoms with van der Waals surface area (Å²) in [5.74, 6) is 2.34. The molecule has 84 valence electrons. The van der Waals surface area contributed by atoms with E-state index in [1.165, 1.54) is 25.7 Å². The molecule has 16 heavy (non-hydrogen) atoms. The number of nitrogens with two attached hydrogens (primary N) is 1. The third-order valence-corrected chi connectivity index (χ3v) is 4.07. The van der Waals surface area contributed by atoms with Gasteiger partial charge in [0.1, 0.15) is 5.82 Å². The summed E-state index contributed by atoms with van der Waals surface area (Å²) in [5, 5.41) is 9.28.